The molecule has 26 heavy (non-hydrogen) atoms. The van der Waals surface area contributed by atoms with Crippen molar-refractivity contribution in [1.82, 2.24) is 20.2 Å². The van der Waals surface area contributed by atoms with Gasteiger partial charge >= 0.3 is 0 Å². The van der Waals surface area contributed by atoms with Crippen molar-refractivity contribution in [1.29, 1.82) is 0 Å². The quantitative estimate of drug-likeness (QED) is 0.783. The Balaban J connectivity index is 1.21. The SMILES string of the molecule is Cc1nc2ccccc2nc1NCC1CN(c2cc3c(nn2)CCC3)C1. The summed E-state index contributed by atoms with van der Waals surface area (Å²) in [6, 6.07) is 10.2. The molecule has 1 aliphatic heterocycles. The van der Waals surface area contributed by atoms with E-state index in [0.717, 1.165) is 60.8 Å². The van der Waals surface area contributed by atoms with Crippen molar-refractivity contribution < 1.29 is 0 Å². The van der Waals surface area contributed by atoms with E-state index in [1.54, 1.807) is 0 Å². The minimum atomic E-state index is 0.595. The summed E-state index contributed by atoms with van der Waals surface area (Å²) in [6.07, 6.45) is 3.45. The Labute approximate surface area is 152 Å². The molecule has 3 heterocycles. The topological polar surface area (TPSA) is 66.8 Å². The maximum Gasteiger partial charge on any atom is 0.151 e. The molecule has 0 saturated carbocycles. The van der Waals surface area contributed by atoms with Crippen LogP contribution in [0.5, 0.6) is 0 Å². The molecule has 0 atom stereocenters. The molecule has 0 unspecified atom stereocenters. The predicted molar refractivity (Wildman–Crippen MR) is 103 cm³/mol. The van der Waals surface area contributed by atoms with Crippen molar-refractivity contribution in [3.05, 3.63) is 47.3 Å². The zero-order valence-electron chi connectivity index (χ0n) is 14.9. The van der Waals surface area contributed by atoms with E-state index in [4.69, 9.17) is 4.98 Å². The van der Waals surface area contributed by atoms with Crippen LogP contribution in [-0.2, 0) is 12.8 Å². The largest absolute Gasteiger partial charge is 0.368 e. The van der Waals surface area contributed by atoms with Crippen molar-refractivity contribution in [2.75, 3.05) is 29.9 Å². The molecule has 0 bridgehead atoms. The summed E-state index contributed by atoms with van der Waals surface area (Å²) in [4.78, 5) is 11.7. The Morgan fingerprint density at radius 1 is 1.08 bits per heavy atom. The van der Waals surface area contributed by atoms with Gasteiger partial charge in [-0.15, -0.1) is 5.10 Å². The first-order valence-electron chi connectivity index (χ1n) is 9.34. The van der Waals surface area contributed by atoms with Crippen LogP contribution in [0.25, 0.3) is 11.0 Å². The van der Waals surface area contributed by atoms with Crippen LogP contribution in [0, 0.1) is 12.8 Å². The molecule has 1 fully saturated rings. The molecule has 1 N–H and O–H groups in total. The van der Waals surface area contributed by atoms with Crippen LogP contribution in [0.2, 0.25) is 0 Å². The van der Waals surface area contributed by atoms with Gasteiger partial charge in [0.25, 0.3) is 0 Å². The molecule has 3 aromatic rings. The van der Waals surface area contributed by atoms with Gasteiger partial charge in [-0.3, -0.25) is 0 Å². The molecule has 1 aromatic carbocycles. The van der Waals surface area contributed by atoms with Crippen LogP contribution >= 0.6 is 0 Å². The molecule has 1 saturated heterocycles. The highest BCUT2D eigenvalue weighted by atomic mass is 15.3. The number of nitrogens with one attached hydrogen (secondary N) is 1. The van der Waals surface area contributed by atoms with Crippen LogP contribution in [0.4, 0.5) is 11.6 Å². The summed E-state index contributed by atoms with van der Waals surface area (Å²) >= 11 is 0. The molecule has 132 valence electrons. The number of aryl methyl sites for hydroxylation is 3. The molecule has 2 aromatic heterocycles. The van der Waals surface area contributed by atoms with Gasteiger partial charge in [-0.05, 0) is 49.9 Å². The summed E-state index contributed by atoms with van der Waals surface area (Å²) in [5, 5.41) is 12.3. The lowest BCUT2D eigenvalue weighted by Crippen LogP contribution is -2.50. The third kappa shape index (κ3) is 2.75. The number of anilines is 2. The number of fused-ring (bicyclic) bond motifs is 2. The van der Waals surface area contributed by atoms with Crippen LogP contribution in [-0.4, -0.2) is 39.8 Å². The third-order valence-electron chi connectivity index (χ3n) is 5.39. The van der Waals surface area contributed by atoms with E-state index in [-0.39, 0.29) is 0 Å². The summed E-state index contributed by atoms with van der Waals surface area (Å²) in [7, 11) is 0. The van der Waals surface area contributed by atoms with Crippen molar-refractivity contribution >= 4 is 22.7 Å². The average molecular weight is 346 g/mol. The number of hydrogen-bond acceptors (Lipinski definition) is 6. The second-order valence-electron chi connectivity index (χ2n) is 7.33. The van der Waals surface area contributed by atoms with Gasteiger partial charge in [0, 0.05) is 25.6 Å². The molecular weight excluding hydrogens is 324 g/mol. The van der Waals surface area contributed by atoms with Gasteiger partial charge in [0.15, 0.2) is 5.82 Å². The van der Waals surface area contributed by atoms with Gasteiger partial charge in [0.1, 0.15) is 5.82 Å². The predicted octanol–water partition coefficient (Wildman–Crippen LogP) is 2.77. The lowest BCUT2D eigenvalue weighted by atomic mass is 10.00. The van der Waals surface area contributed by atoms with E-state index in [0.29, 0.717) is 5.92 Å². The number of hydrogen-bond donors (Lipinski definition) is 1. The Hall–Kier alpha value is -2.76. The fourth-order valence-electron chi connectivity index (χ4n) is 3.85. The molecule has 0 radical (unpaired) electrons. The number of rotatable bonds is 4. The smallest absolute Gasteiger partial charge is 0.151 e. The van der Waals surface area contributed by atoms with Crippen molar-refractivity contribution in [3.63, 3.8) is 0 Å². The molecule has 2 aliphatic rings. The molecule has 1 aliphatic carbocycles. The molecular formula is C20H22N6. The maximum absolute atomic E-state index is 4.71. The lowest BCUT2D eigenvalue weighted by Gasteiger charge is -2.40. The number of benzene rings is 1. The molecule has 5 rings (SSSR count). The Kier molecular flexibility index (Phi) is 3.69. The average Bonchev–Trinajstić information content (AvgIpc) is 3.08. The normalized spacial score (nSPS) is 16.6. The Morgan fingerprint density at radius 3 is 2.73 bits per heavy atom. The maximum atomic E-state index is 4.71. The summed E-state index contributed by atoms with van der Waals surface area (Å²) in [6.45, 7) is 4.94. The van der Waals surface area contributed by atoms with Crippen molar-refractivity contribution in [2.24, 2.45) is 5.92 Å². The van der Waals surface area contributed by atoms with Crippen LogP contribution < -0.4 is 10.2 Å². The molecule has 6 heteroatoms. The van der Waals surface area contributed by atoms with Crippen molar-refractivity contribution in [3.8, 4) is 0 Å². The highest BCUT2D eigenvalue weighted by Crippen LogP contribution is 2.27. The highest BCUT2D eigenvalue weighted by molar-refractivity contribution is 5.76. The monoisotopic (exact) mass is 346 g/mol. The summed E-state index contributed by atoms with van der Waals surface area (Å²) in [5.74, 6) is 2.51. The zero-order valence-corrected chi connectivity index (χ0v) is 14.9. The highest BCUT2D eigenvalue weighted by Gasteiger charge is 2.29. The van der Waals surface area contributed by atoms with Crippen molar-refractivity contribution in [2.45, 2.75) is 26.2 Å². The van der Waals surface area contributed by atoms with Crippen LogP contribution in [0.15, 0.2) is 30.3 Å². The van der Waals surface area contributed by atoms with Crippen LogP contribution in [0.1, 0.15) is 23.4 Å². The van der Waals surface area contributed by atoms with Gasteiger partial charge < -0.3 is 10.2 Å². The standard InChI is InChI=1S/C20H22N6/c1-13-20(23-18-7-3-2-6-17(18)22-13)21-10-14-11-26(12-14)19-9-15-5-4-8-16(15)24-25-19/h2-3,6-7,9,14H,4-5,8,10-12H2,1H3,(H,21,23). The van der Waals surface area contributed by atoms with E-state index in [2.05, 4.69) is 31.5 Å². The fraction of sp³-hybridized carbons (Fsp3) is 0.400. The van der Waals surface area contributed by atoms with Crippen LogP contribution in [0.3, 0.4) is 0 Å². The number of para-hydroxylation sites is 2. The lowest BCUT2D eigenvalue weighted by molar-refractivity contribution is 0.425. The minimum absolute atomic E-state index is 0.595. The molecule has 0 spiro atoms. The zero-order chi connectivity index (χ0) is 17.5. The minimum Gasteiger partial charge on any atom is -0.368 e. The molecule has 6 nitrogen and oxygen atoms in total. The van der Waals surface area contributed by atoms with Gasteiger partial charge in [-0.2, -0.15) is 5.10 Å². The Morgan fingerprint density at radius 2 is 1.88 bits per heavy atom. The first-order chi connectivity index (χ1) is 12.8. The fourth-order valence-corrected chi connectivity index (χ4v) is 3.85. The molecule has 0 amide bonds. The third-order valence-corrected chi connectivity index (χ3v) is 5.39. The summed E-state index contributed by atoms with van der Waals surface area (Å²) in [5.41, 5.74) is 5.41. The first-order valence-corrected chi connectivity index (χ1v) is 9.34. The first kappa shape index (κ1) is 15.5. The second-order valence-corrected chi connectivity index (χ2v) is 7.33. The van der Waals surface area contributed by atoms with E-state index < -0.39 is 0 Å². The number of aromatic nitrogens is 4. The van der Waals surface area contributed by atoms with E-state index in [9.17, 15) is 0 Å². The van der Waals surface area contributed by atoms with Gasteiger partial charge in [-0.1, -0.05) is 12.1 Å². The van der Waals surface area contributed by atoms with Gasteiger partial charge in [0.05, 0.1) is 22.4 Å². The van der Waals surface area contributed by atoms with Gasteiger partial charge in [0.2, 0.25) is 0 Å². The van der Waals surface area contributed by atoms with E-state index in [1.165, 1.54) is 17.7 Å². The van der Waals surface area contributed by atoms with E-state index in [1.807, 2.05) is 31.2 Å². The number of nitrogens with zero attached hydrogens (tertiary/aromatic N) is 5. The second kappa shape index (κ2) is 6.20. The van der Waals surface area contributed by atoms with E-state index >= 15 is 0 Å². The Bertz CT molecular complexity index is 964. The van der Waals surface area contributed by atoms with Gasteiger partial charge in [-0.25, -0.2) is 9.97 Å². The summed E-state index contributed by atoms with van der Waals surface area (Å²) < 4.78 is 0.